The predicted molar refractivity (Wildman–Crippen MR) is 89.7 cm³/mol. The number of rotatable bonds is 5. The summed E-state index contributed by atoms with van der Waals surface area (Å²) in [6.45, 7) is 3.89. The summed E-state index contributed by atoms with van der Waals surface area (Å²) in [6, 6.07) is 9.80. The molecule has 5 nitrogen and oxygen atoms in total. The molecule has 1 fully saturated rings. The Labute approximate surface area is 136 Å². The lowest BCUT2D eigenvalue weighted by Crippen LogP contribution is -2.30. The molecule has 2 heterocycles. The fraction of sp³-hybridized carbons (Fsp3) is 0.389. The molecular weight excluding hydrogens is 292 g/mol. The molecule has 0 bridgehead atoms. The maximum atomic E-state index is 12.1. The second-order valence-corrected chi connectivity index (χ2v) is 5.93. The second kappa shape index (κ2) is 7.33. The van der Waals surface area contributed by atoms with Gasteiger partial charge in [0, 0.05) is 30.6 Å². The van der Waals surface area contributed by atoms with Crippen LogP contribution in [0, 0.1) is 5.92 Å². The minimum Gasteiger partial charge on any atom is -0.472 e. The van der Waals surface area contributed by atoms with Gasteiger partial charge in [-0.15, -0.1) is 0 Å². The van der Waals surface area contributed by atoms with Crippen molar-refractivity contribution in [3.05, 3.63) is 48.4 Å². The molecular formula is C18H22N2O3. The molecule has 1 amide bonds. The van der Waals surface area contributed by atoms with Crippen molar-refractivity contribution in [3.8, 4) is 0 Å². The van der Waals surface area contributed by atoms with Crippen LogP contribution >= 0.6 is 0 Å². The fourth-order valence-corrected chi connectivity index (χ4v) is 2.88. The first-order chi connectivity index (χ1) is 11.2. The maximum absolute atomic E-state index is 12.1. The summed E-state index contributed by atoms with van der Waals surface area (Å²) in [4.78, 5) is 12.1. The topological polar surface area (TPSA) is 63.5 Å². The summed E-state index contributed by atoms with van der Waals surface area (Å²) in [6.07, 6.45) is 5.10. The smallest absolute Gasteiger partial charge is 0.258 e. The molecule has 0 aliphatic carbocycles. The first-order valence-corrected chi connectivity index (χ1v) is 8.00. The van der Waals surface area contributed by atoms with Crippen LogP contribution in [0.15, 0.2) is 47.3 Å². The van der Waals surface area contributed by atoms with Crippen molar-refractivity contribution in [2.45, 2.75) is 25.8 Å². The number of benzene rings is 1. The van der Waals surface area contributed by atoms with Gasteiger partial charge in [0.1, 0.15) is 6.26 Å². The number of amides is 1. The second-order valence-electron chi connectivity index (χ2n) is 5.93. The zero-order valence-corrected chi connectivity index (χ0v) is 13.2. The van der Waals surface area contributed by atoms with Crippen molar-refractivity contribution >= 4 is 17.3 Å². The summed E-state index contributed by atoms with van der Waals surface area (Å²) in [5, 5.41) is 6.41. The van der Waals surface area contributed by atoms with Crippen LogP contribution in [0.2, 0.25) is 0 Å². The molecule has 1 unspecified atom stereocenters. The summed E-state index contributed by atoms with van der Waals surface area (Å²) in [5.41, 5.74) is 2.29. The van der Waals surface area contributed by atoms with Crippen molar-refractivity contribution in [1.29, 1.82) is 0 Å². The van der Waals surface area contributed by atoms with Gasteiger partial charge < -0.3 is 19.8 Å². The Balaban J connectivity index is 1.61. The SMILES string of the molecule is CC(Nc1cccc(NC(=O)c2ccoc2)c1)C1CCOCC1. The van der Waals surface area contributed by atoms with Gasteiger partial charge in [-0.1, -0.05) is 6.07 Å². The van der Waals surface area contributed by atoms with E-state index in [2.05, 4.69) is 17.6 Å². The zero-order chi connectivity index (χ0) is 16.1. The molecule has 2 N–H and O–H groups in total. The van der Waals surface area contributed by atoms with Crippen LogP contribution in [0.1, 0.15) is 30.1 Å². The summed E-state index contributed by atoms with van der Waals surface area (Å²) in [5.74, 6) is 0.446. The van der Waals surface area contributed by atoms with Gasteiger partial charge in [-0.2, -0.15) is 0 Å². The third kappa shape index (κ3) is 4.13. The molecule has 0 saturated carbocycles. The number of carbonyl (C=O) groups excluding carboxylic acids is 1. The van der Waals surface area contributed by atoms with Gasteiger partial charge in [0.2, 0.25) is 0 Å². The third-order valence-corrected chi connectivity index (χ3v) is 4.27. The highest BCUT2D eigenvalue weighted by molar-refractivity contribution is 6.04. The van der Waals surface area contributed by atoms with E-state index in [0.717, 1.165) is 37.4 Å². The van der Waals surface area contributed by atoms with Crippen LogP contribution in [0.4, 0.5) is 11.4 Å². The zero-order valence-electron chi connectivity index (χ0n) is 13.2. The van der Waals surface area contributed by atoms with E-state index in [1.54, 1.807) is 6.07 Å². The number of ether oxygens (including phenoxy) is 1. The van der Waals surface area contributed by atoms with Crippen molar-refractivity contribution < 1.29 is 13.9 Å². The van der Waals surface area contributed by atoms with E-state index in [1.165, 1.54) is 12.5 Å². The molecule has 1 atom stereocenters. The van der Waals surface area contributed by atoms with Crippen molar-refractivity contribution in [1.82, 2.24) is 0 Å². The van der Waals surface area contributed by atoms with Gasteiger partial charge in [0.05, 0.1) is 11.8 Å². The molecule has 1 aliphatic heterocycles. The van der Waals surface area contributed by atoms with E-state index in [1.807, 2.05) is 24.3 Å². The lowest BCUT2D eigenvalue weighted by Gasteiger charge is -2.29. The Morgan fingerprint density at radius 2 is 2.00 bits per heavy atom. The average Bonchev–Trinajstić information content (AvgIpc) is 3.10. The molecule has 0 radical (unpaired) electrons. The molecule has 1 aromatic heterocycles. The molecule has 23 heavy (non-hydrogen) atoms. The van der Waals surface area contributed by atoms with E-state index in [4.69, 9.17) is 9.15 Å². The van der Waals surface area contributed by atoms with E-state index in [9.17, 15) is 4.79 Å². The van der Waals surface area contributed by atoms with Gasteiger partial charge in [-0.3, -0.25) is 4.79 Å². The van der Waals surface area contributed by atoms with Gasteiger partial charge in [-0.25, -0.2) is 0 Å². The molecule has 122 valence electrons. The molecule has 1 saturated heterocycles. The van der Waals surface area contributed by atoms with Crippen LogP contribution in [-0.2, 0) is 4.74 Å². The largest absolute Gasteiger partial charge is 0.472 e. The summed E-state index contributed by atoms with van der Waals surface area (Å²) >= 11 is 0. The van der Waals surface area contributed by atoms with Gasteiger partial charge in [0.25, 0.3) is 5.91 Å². The van der Waals surface area contributed by atoms with Crippen LogP contribution in [0.3, 0.4) is 0 Å². The number of furan rings is 1. The lowest BCUT2D eigenvalue weighted by molar-refractivity contribution is 0.0622. The first kappa shape index (κ1) is 15.6. The normalized spacial score (nSPS) is 16.7. The molecule has 2 aromatic rings. The van der Waals surface area contributed by atoms with Gasteiger partial charge in [0.15, 0.2) is 0 Å². The van der Waals surface area contributed by atoms with Gasteiger partial charge in [-0.05, 0) is 49.9 Å². The van der Waals surface area contributed by atoms with Crippen LogP contribution in [0.5, 0.6) is 0 Å². The Morgan fingerprint density at radius 1 is 1.22 bits per heavy atom. The van der Waals surface area contributed by atoms with E-state index < -0.39 is 0 Å². The number of anilines is 2. The van der Waals surface area contributed by atoms with Crippen molar-refractivity contribution in [2.75, 3.05) is 23.8 Å². The minimum atomic E-state index is -0.173. The first-order valence-electron chi connectivity index (χ1n) is 8.00. The quantitative estimate of drug-likeness (QED) is 0.882. The van der Waals surface area contributed by atoms with Crippen LogP contribution in [-0.4, -0.2) is 25.2 Å². The Hall–Kier alpha value is -2.27. The highest BCUT2D eigenvalue weighted by atomic mass is 16.5. The highest BCUT2D eigenvalue weighted by Gasteiger charge is 2.20. The number of hydrogen-bond acceptors (Lipinski definition) is 4. The minimum absolute atomic E-state index is 0.173. The number of carbonyl (C=O) groups is 1. The maximum Gasteiger partial charge on any atom is 0.258 e. The van der Waals surface area contributed by atoms with E-state index in [-0.39, 0.29) is 5.91 Å². The van der Waals surface area contributed by atoms with E-state index in [0.29, 0.717) is 17.5 Å². The number of hydrogen-bond donors (Lipinski definition) is 2. The Morgan fingerprint density at radius 3 is 2.74 bits per heavy atom. The lowest BCUT2D eigenvalue weighted by atomic mass is 9.93. The van der Waals surface area contributed by atoms with Crippen molar-refractivity contribution in [2.24, 2.45) is 5.92 Å². The monoisotopic (exact) mass is 314 g/mol. The van der Waals surface area contributed by atoms with E-state index >= 15 is 0 Å². The fourth-order valence-electron chi connectivity index (χ4n) is 2.88. The van der Waals surface area contributed by atoms with Crippen LogP contribution < -0.4 is 10.6 Å². The highest BCUT2D eigenvalue weighted by Crippen LogP contribution is 2.23. The molecule has 1 aromatic carbocycles. The summed E-state index contributed by atoms with van der Waals surface area (Å²) in [7, 11) is 0. The van der Waals surface area contributed by atoms with Crippen molar-refractivity contribution in [3.63, 3.8) is 0 Å². The molecule has 0 spiro atoms. The van der Waals surface area contributed by atoms with Crippen LogP contribution in [0.25, 0.3) is 0 Å². The third-order valence-electron chi connectivity index (χ3n) is 4.27. The van der Waals surface area contributed by atoms with Gasteiger partial charge >= 0.3 is 0 Å². The average molecular weight is 314 g/mol. The molecule has 1 aliphatic rings. The molecule has 5 heteroatoms. The standard InChI is InChI=1S/C18H22N2O3/c1-13(14-5-8-22-9-6-14)19-16-3-2-4-17(11-16)20-18(21)15-7-10-23-12-15/h2-4,7,10-14,19H,5-6,8-9H2,1H3,(H,20,21). The Bertz CT molecular complexity index is 633. The Kier molecular flexibility index (Phi) is 4.98. The molecule has 3 rings (SSSR count). The summed E-state index contributed by atoms with van der Waals surface area (Å²) < 4.78 is 10.3. The predicted octanol–water partition coefficient (Wildman–Crippen LogP) is 3.76. The number of nitrogens with one attached hydrogen (secondary N) is 2.